The summed E-state index contributed by atoms with van der Waals surface area (Å²) in [7, 11) is -4.24. The molecule has 1 aliphatic carbocycles. The molecule has 72 heavy (non-hydrogen) atoms. The fourth-order valence-corrected chi connectivity index (χ4v) is 12.4. The SMILES string of the molecule is N#Cc1c(NS(=O)(=O)N2CC[C@@H](F)C2)ccc(F)c1Oc1ccc2ncn(-c3ccc(N4CCC(O[C@H]5C[C@H](N6CCC(c7ccc8c(c7)CN(C7CCC(=O)NC7=O)C8=O)CC6)C5)CC4)cc3)c(=O)c2c1. The summed E-state index contributed by atoms with van der Waals surface area (Å²) in [5.74, 6) is -1.87. The van der Waals surface area contributed by atoms with Crippen LogP contribution in [0, 0.1) is 17.1 Å². The molecular formula is C52H53F2N9O8S. The van der Waals surface area contributed by atoms with Crippen molar-refractivity contribution in [1.29, 1.82) is 5.26 Å². The molecule has 5 aromatic rings. The average molecular weight is 1000 g/mol. The molecule has 5 fully saturated rings. The number of piperidine rings is 3. The van der Waals surface area contributed by atoms with Gasteiger partial charge in [-0.1, -0.05) is 12.1 Å². The maximum atomic E-state index is 15.2. The van der Waals surface area contributed by atoms with Crippen LogP contribution >= 0.6 is 0 Å². The summed E-state index contributed by atoms with van der Waals surface area (Å²) in [5, 5.41) is 12.5. The minimum atomic E-state index is -4.24. The molecule has 0 bridgehead atoms. The predicted octanol–water partition coefficient (Wildman–Crippen LogP) is 6.05. The molecule has 374 valence electrons. The number of carbonyl (C=O) groups excluding carboxylic acids is 3. The van der Waals surface area contributed by atoms with E-state index in [9.17, 15) is 37.2 Å². The molecule has 17 nitrogen and oxygen atoms in total. The number of imide groups is 1. The number of ether oxygens (including phenoxy) is 2. The van der Waals surface area contributed by atoms with E-state index in [4.69, 9.17) is 9.47 Å². The highest BCUT2D eigenvalue weighted by molar-refractivity contribution is 7.90. The lowest BCUT2D eigenvalue weighted by Crippen LogP contribution is -2.52. The number of nitrogens with zero attached hydrogens (tertiary/aromatic N) is 7. The molecule has 5 aliphatic heterocycles. The summed E-state index contributed by atoms with van der Waals surface area (Å²) >= 11 is 0. The van der Waals surface area contributed by atoms with E-state index in [0.29, 0.717) is 41.7 Å². The number of benzene rings is 4. The Morgan fingerprint density at radius 1 is 0.833 bits per heavy atom. The second kappa shape index (κ2) is 19.3. The zero-order chi connectivity index (χ0) is 49.8. The highest BCUT2D eigenvalue weighted by Gasteiger charge is 2.41. The normalized spacial score (nSPS) is 23.5. The first-order chi connectivity index (χ1) is 34.8. The number of amides is 3. The molecule has 2 atom stereocenters. The molecule has 2 N–H and O–H groups in total. The molecule has 11 rings (SSSR count). The van der Waals surface area contributed by atoms with Gasteiger partial charge < -0.3 is 24.2 Å². The number of hydrogen-bond acceptors (Lipinski definition) is 12. The van der Waals surface area contributed by atoms with Crippen LogP contribution < -0.4 is 25.2 Å². The third kappa shape index (κ3) is 9.30. The molecule has 1 aromatic heterocycles. The summed E-state index contributed by atoms with van der Waals surface area (Å²) in [5.41, 5.74) is 3.75. The van der Waals surface area contributed by atoms with Crippen molar-refractivity contribution >= 4 is 50.2 Å². The highest BCUT2D eigenvalue weighted by Crippen LogP contribution is 2.39. The molecule has 3 amide bonds. The van der Waals surface area contributed by atoms with Gasteiger partial charge >= 0.3 is 10.2 Å². The number of nitrogens with one attached hydrogen (secondary N) is 2. The summed E-state index contributed by atoms with van der Waals surface area (Å²) < 4.78 is 71.8. The van der Waals surface area contributed by atoms with Crippen molar-refractivity contribution < 1.29 is 41.1 Å². The largest absolute Gasteiger partial charge is 0.453 e. The third-order valence-corrected chi connectivity index (χ3v) is 16.8. The van der Waals surface area contributed by atoms with Crippen molar-refractivity contribution in [2.24, 2.45) is 0 Å². The van der Waals surface area contributed by atoms with E-state index in [0.717, 1.165) is 92.4 Å². The number of rotatable bonds is 12. The Hall–Kier alpha value is -6.79. The first-order valence-electron chi connectivity index (χ1n) is 24.6. The fraction of sp³-hybridized carbons (Fsp3) is 0.423. The number of alkyl halides is 1. The Balaban J connectivity index is 0.652. The van der Waals surface area contributed by atoms with Crippen molar-refractivity contribution in [3.8, 4) is 23.3 Å². The Morgan fingerprint density at radius 2 is 1.60 bits per heavy atom. The van der Waals surface area contributed by atoms with Gasteiger partial charge in [-0.3, -0.25) is 33.8 Å². The molecule has 1 saturated carbocycles. The Labute approximate surface area is 414 Å². The van der Waals surface area contributed by atoms with Crippen molar-refractivity contribution in [2.45, 2.75) is 101 Å². The van der Waals surface area contributed by atoms with Gasteiger partial charge in [0.15, 0.2) is 11.6 Å². The minimum absolute atomic E-state index is 0.0172. The topological polar surface area (TPSA) is 200 Å². The molecular weight excluding hydrogens is 949 g/mol. The van der Waals surface area contributed by atoms with E-state index in [-0.39, 0.29) is 66.8 Å². The Morgan fingerprint density at radius 3 is 2.32 bits per heavy atom. The second-order valence-corrected chi connectivity index (χ2v) is 21.3. The van der Waals surface area contributed by atoms with Gasteiger partial charge in [-0.05, 0) is 142 Å². The van der Waals surface area contributed by atoms with E-state index in [1.807, 2.05) is 30.3 Å². The molecule has 1 unspecified atom stereocenters. The van der Waals surface area contributed by atoms with Gasteiger partial charge in [-0.25, -0.2) is 13.8 Å². The van der Waals surface area contributed by atoms with Crippen LogP contribution in [0.1, 0.15) is 90.8 Å². The van der Waals surface area contributed by atoms with Crippen LogP contribution in [0.2, 0.25) is 0 Å². The summed E-state index contributed by atoms with van der Waals surface area (Å²) in [4.78, 5) is 62.2. The number of anilines is 2. The molecule has 0 radical (unpaired) electrons. The number of aromatic nitrogens is 2. The van der Waals surface area contributed by atoms with Crippen LogP contribution in [0.5, 0.6) is 11.5 Å². The Kier molecular flexibility index (Phi) is 12.8. The van der Waals surface area contributed by atoms with Crippen LogP contribution in [-0.4, -0.2) is 120 Å². The van der Waals surface area contributed by atoms with Crippen LogP contribution in [0.4, 0.5) is 20.2 Å². The van der Waals surface area contributed by atoms with E-state index >= 15 is 4.39 Å². The lowest BCUT2D eigenvalue weighted by Gasteiger charge is -2.47. The van der Waals surface area contributed by atoms with Crippen LogP contribution in [0.3, 0.4) is 0 Å². The lowest BCUT2D eigenvalue weighted by molar-refractivity contribution is -0.136. The van der Waals surface area contributed by atoms with Gasteiger partial charge in [-0.2, -0.15) is 18.0 Å². The highest BCUT2D eigenvalue weighted by atomic mass is 32.2. The standard InChI is InChI=1S/C52H53F2N9O8S/c53-34-15-22-61(29-34)72(68,69)58-46-10-8-44(54)49(43(46)27-55)71-39-6-9-45-42(26-39)52(67)63(30-56-45)36-4-2-35(3-5-36)59-20-16-38(17-21-59)70-40-24-37(25-40)60-18-13-31(14-19-60)32-1-7-41-33(23-32)28-62(51(41)66)47-11-12-48(64)57-50(47)65/h1-10,23,26,30-31,34,37-38,40,47,58H,11-22,24-25,28-29H2,(H,57,64,65)/t34-,37-,40-,47?/m1/s1. The van der Waals surface area contributed by atoms with Crippen LogP contribution in [-0.2, 0) is 31.1 Å². The predicted molar refractivity (Wildman–Crippen MR) is 261 cm³/mol. The summed E-state index contributed by atoms with van der Waals surface area (Å²) in [6.07, 6.45) is 7.19. The van der Waals surface area contributed by atoms with E-state index in [1.165, 1.54) is 34.7 Å². The van der Waals surface area contributed by atoms with Gasteiger partial charge in [0.25, 0.3) is 11.5 Å². The van der Waals surface area contributed by atoms with E-state index in [1.54, 1.807) is 11.0 Å². The van der Waals surface area contributed by atoms with Crippen molar-refractivity contribution in [2.75, 3.05) is 48.9 Å². The molecule has 6 aliphatic rings. The van der Waals surface area contributed by atoms with Gasteiger partial charge in [0.2, 0.25) is 11.8 Å². The number of hydrogen-bond donors (Lipinski definition) is 2. The van der Waals surface area contributed by atoms with Gasteiger partial charge in [0.1, 0.15) is 35.9 Å². The number of fused-ring (bicyclic) bond motifs is 2. The first kappa shape index (κ1) is 47.5. The zero-order valence-corrected chi connectivity index (χ0v) is 40.2. The maximum Gasteiger partial charge on any atom is 0.301 e. The van der Waals surface area contributed by atoms with Crippen molar-refractivity contribution in [3.63, 3.8) is 0 Å². The third-order valence-electron chi connectivity index (χ3n) is 15.3. The lowest BCUT2D eigenvalue weighted by atomic mass is 9.83. The van der Waals surface area contributed by atoms with Crippen molar-refractivity contribution in [1.82, 2.24) is 29.0 Å². The van der Waals surface area contributed by atoms with Gasteiger partial charge in [-0.15, -0.1) is 0 Å². The second-order valence-electron chi connectivity index (χ2n) is 19.7. The smallest absolute Gasteiger partial charge is 0.301 e. The van der Waals surface area contributed by atoms with Gasteiger partial charge in [0, 0.05) is 56.4 Å². The van der Waals surface area contributed by atoms with Crippen LogP contribution in [0.25, 0.3) is 16.6 Å². The van der Waals surface area contributed by atoms with Crippen molar-refractivity contribution in [3.05, 3.63) is 118 Å². The summed E-state index contributed by atoms with van der Waals surface area (Å²) in [6, 6.07) is 22.0. The average Bonchev–Trinajstić information content (AvgIpc) is 3.96. The molecule has 4 aromatic carbocycles. The first-order valence-corrected chi connectivity index (χ1v) is 26.1. The zero-order valence-electron chi connectivity index (χ0n) is 39.3. The monoisotopic (exact) mass is 1000 g/mol. The maximum absolute atomic E-state index is 15.2. The molecule has 20 heteroatoms. The van der Waals surface area contributed by atoms with E-state index in [2.05, 4.69) is 37.0 Å². The molecule has 4 saturated heterocycles. The number of nitriles is 1. The Bertz CT molecular complexity index is 3180. The minimum Gasteiger partial charge on any atom is -0.453 e. The number of likely N-dealkylation sites (tertiary alicyclic amines) is 1. The van der Waals surface area contributed by atoms with Gasteiger partial charge in [0.05, 0.1) is 34.5 Å². The number of halogens is 2. The number of carbonyl (C=O) groups is 3. The summed E-state index contributed by atoms with van der Waals surface area (Å²) in [6.45, 7) is 3.73. The van der Waals surface area contributed by atoms with E-state index < -0.39 is 51.0 Å². The van der Waals surface area contributed by atoms with Crippen LogP contribution in [0.15, 0.2) is 83.9 Å². The quantitative estimate of drug-likeness (QED) is 0.138. The molecule has 6 heterocycles. The fourth-order valence-electron chi connectivity index (χ4n) is 11.2. The molecule has 0 spiro atoms.